The van der Waals surface area contributed by atoms with E-state index in [2.05, 4.69) is 0 Å². The van der Waals surface area contributed by atoms with Crippen LogP contribution in [0.3, 0.4) is 0 Å². The van der Waals surface area contributed by atoms with Crippen molar-refractivity contribution in [2.45, 2.75) is 0 Å². The molecule has 0 aliphatic heterocycles. The van der Waals surface area contributed by atoms with E-state index in [1.54, 1.807) is 0 Å². The van der Waals surface area contributed by atoms with Gasteiger partial charge >= 0.3 is 163 Å². The molecule has 0 spiro atoms. The molecule has 0 saturated carbocycles. The van der Waals surface area contributed by atoms with Crippen LogP contribution in [0, 0.1) is 0 Å². The van der Waals surface area contributed by atoms with Gasteiger partial charge in [-0.15, -0.1) is 0 Å². The SMILES string of the molecule is [BaH2].[Bi+3].[NaH].[O]=[Ti]([O-])[O-].[O]=[Ti]([O-])[OH]. The average Bonchev–Trinajstić information content (AvgIpc) is 1.25. The van der Waals surface area contributed by atoms with Gasteiger partial charge in [0.05, 0.1) is 0 Å². The maximum absolute atomic E-state index is 8.69. The summed E-state index contributed by atoms with van der Waals surface area (Å²) in [5.41, 5.74) is 0. The van der Waals surface area contributed by atoms with Gasteiger partial charge in [-0.3, -0.25) is 0 Å². The summed E-state index contributed by atoms with van der Waals surface area (Å²) in [5, 5.41) is 0. The topological polar surface area (TPSA) is 124 Å². The number of hydrogen-bond acceptors (Lipinski definition) is 5. The first-order valence-electron chi connectivity index (χ1n) is 1.24. The Morgan fingerprint density at radius 1 is 1.09 bits per heavy atom. The van der Waals surface area contributed by atoms with E-state index in [1.807, 2.05) is 0 Å². The summed E-state index contributed by atoms with van der Waals surface area (Å²) in [4.78, 5) is 0. The molecule has 56 valence electrons. The van der Waals surface area contributed by atoms with Crippen molar-refractivity contribution in [3.05, 3.63) is 0 Å². The fourth-order valence-electron chi connectivity index (χ4n) is 0. The molecule has 0 aromatic rings. The predicted octanol–water partition coefficient (Wildman–Crippen LogP) is -6.31. The van der Waals surface area contributed by atoms with Gasteiger partial charge in [0.2, 0.25) is 0 Å². The summed E-state index contributed by atoms with van der Waals surface area (Å²) in [5.74, 6) is 0. The van der Waals surface area contributed by atoms with Crippen LogP contribution < -0.4 is 11.1 Å². The normalized spacial score (nSPS) is 4.73. The molecule has 0 bridgehead atoms. The Morgan fingerprint density at radius 3 is 1.09 bits per heavy atom. The summed E-state index contributed by atoms with van der Waals surface area (Å²) in [6, 6.07) is 0. The van der Waals surface area contributed by atoms with Gasteiger partial charge in [-0.2, -0.15) is 0 Å². The molecule has 0 aromatic carbocycles. The Bertz CT molecular complexity index is 78.6. The van der Waals surface area contributed by atoms with Crippen LogP contribution in [-0.4, -0.2) is 108 Å². The molecule has 0 aliphatic carbocycles. The van der Waals surface area contributed by atoms with Crippen molar-refractivity contribution in [2.24, 2.45) is 0 Å². The summed E-state index contributed by atoms with van der Waals surface area (Å²) in [7, 11) is 0. The molecule has 0 aromatic heterocycles. The van der Waals surface area contributed by atoms with Crippen LogP contribution in [0.4, 0.5) is 0 Å². The molecule has 0 fully saturated rings. The van der Waals surface area contributed by atoms with Crippen LogP contribution in [0.2, 0.25) is 0 Å². The fraction of sp³-hybridized carbons (Fsp3) is 0. The quantitative estimate of drug-likeness (QED) is 0.292. The Morgan fingerprint density at radius 2 is 1.09 bits per heavy atom. The van der Waals surface area contributed by atoms with E-state index in [9.17, 15) is 0 Å². The van der Waals surface area contributed by atoms with Gasteiger partial charge in [-0.25, -0.2) is 0 Å². The molecule has 11 heavy (non-hydrogen) atoms. The van der Waals surface area contributed by atoms with Crippen molar-refractivity contribution in [3.63, 3.8) is 0 Å². The van der Waals surface area contributed by atoms with Gasteiger partial charge in [-0.05, 0) is 0 Å². The Labute approximate surface area is 159 Å². The van der Waals surface area contributed by atoms with E-state index in [-0.39, 0.29) is 105 Å². The van der Waals surface area contributed by atoms with Crippen LogP contribution in [0.1, 0.15) is 0 Å². The summed E-state index contributed by atoms with van der Waals surface area (Å²) >= 11 is -7.92. The Hall–Kier alpha value is 4.32. The standard InChI is InChI=1S/Ba.Bi.Na.H2O.5O.2Ti.3H/h;;;1H2;;;;;;;;;;/q;+3;;;;;3*-1;;+1;;;/p-1. The average molecular weight is 565 g/mol. The zero-order valence-corrected chi connectivity index (χ0v) is 10.5. The van der Waals surface area contributed by atoms with E-state index >= 15 is 0 Å². The summed E-state index contributed by atoms with van der Waals surface area (Å²) in [6.07, 6.45) is 0. The van der Waals surface area contributed by atoms with Crippen LogP contribution >= 0.6 is 0 Å². The Kier molecular flexibility index (Phi) is 64.0. The van der Waals surface area contributed by atoms with Crippen molar-refractivity contribution in [1.29, 1.82) is 0 Å². The summed E-state index contributed by atoms with van der Waals surface area (Å²) in [6.45, 7) is 0. The van der Waals surface area contributed by atoms with Crippen molar-refractivity contribution in [1.82, 2.24) is 0 Å². The first kappa shape index (κ1) is 29.5. The third-order valence-electron chi connectivity index (χ3n) is 0. The number of rotatable bonds is 0. The van der Waals surface area contributed by atoms with Crippen molar-refractivity contribution >= 4 is 105 Å². The van der Waals surface area contributed by atoms with Gasteiger partial charge in [0, 0.05) is 0 Å². The van der Waals surface area contributed by atoms with E-state index in [1.165, 1.54) is 0 Å². The maximum atomic E-state index is 8.69. The van der Waals surface area contributed by atoms with Gasteiger partial charge < -0.3 is 0 Å². The molecule has 0 aliphatic rings. The molecule has 0 rings (SSSR count). The van der Waals surface area contributed by atoms with Gasteiger partial charge in [0.15, 0.2) is 0 Å². The third-order valence-corrected chi connectivity index (χ3v) is 0. The molecule has 11 heteroatoms. The molecular formula is H4BaBiNaO6Ti2. The van der Waals surface area contributed by atoms with Gasteiger partial charge in [-0.1, -0.05) is 0 Å². The second kappa shape index (κ2) is 23.9. The fourth-order valence-corrected chi connectivity index (χ4v) is 0. The van der Waals surface area contributed by atoms with Gasteiger partial charge in [0.25, 0.3) is 0 Å². The zero-order valence-electron chi connectivity index (χ0n) is 3.94. The van der Waals surface area contributed by atoms with Crippen molar-refractivity contribution in [3.8, 4) is 0 Å². The minimum atomic E-state index is -4.08. The molecule has 1 N–H and O–H groups in total. The molecule has 2 radical (unpaired) electrons. The van der Waals surface area contributed by atoms with E-state index < -0.39 is 37.2 Å². The van der Waals surface area contributed by atoms with Gasteiger partial charge in [0.1, 0.15) is 0 Å². The number of hydrogen-bond donors (Lipinski definition) is 1. The van der Waals surface area contributed by atoms with Crippen LogP contribution in [-0.2, 0) is 43.9 Å². The first-order valence-corrected chi connectivity index (χ1v) is 5.13. The minimum absolute atomic E-state index is 0. The van der Waals surface area contributed by atoms with Crippen LogP contribution in [0.5, 0.6) is 0 Å². The molecule has 6 nitrogen and oxygen atoms in total. The second-order valence-electron chi connectivity index (χ2n) is 0.516. The molecule has 0 heterocycles. The Balaban J connectivity index is -0.0000000171. The van der Waals surface area contributed by atoms with Crippen LogP contribution in [0.15, 0.2) is 0 Å². The zero-order chi connectivity index (χ0) is 7.15. The van der Waals surface area contributed by atoms with E-state index in [0.29, 0.717) is 0 Å². The summed E-state index contributed by atoms with van der Waals surface area (Å²) < 4.78 is 50.2. The molecule has 0 saturated heterocycles. The van der Waals surface area contributed by atoms with Crippen molar-refractivity contribution in [2.75, 3.05) is 0 Å². The second-order valence-corrected chi connectivity index (χ2v) is 2.13. The van der Waals surface area contributed by atoms with E-state index in [4.69, 9.17) is 21.4 Å². The third kappa shape index (κ3) is 116. The van der Waals surface area contributed by atoms with E-state index in [0.717, 1.165) is 0 Å². The molecule has 0 atom stereocenters. The van der Waals surface area contributed by atoms with Crippen molar-refractivity contribution < 1.29 is 58.6 Å². The molecule has 0 amide bonds. The first-order chi connectivity index (χ1) is 3.46. The predicted molar refractivity (Wildman–Crippen MR) is 25.0 cm³/mol. The molecular weight excluding hydrogens is 561 g/mol. The molecule has 0 unspecified atom stereocenters. The monoisotopic (exact) mass is 566 g/mol. The van der Waals surface area contributed by atoms with Crippen LogP contribution in [0.25, 0.3) is 0 Å².